The lowest BCUT2D eigenvalue weighted by atomic mass is 10.2. The number of rotatable bonds is 4. The summed E-state index contributed by atoms with van der Waals surface area (Å²) in [5.41, 5.74) is 2.89. The molecular formula is C19H16BrClFN3O. The zero-order valence-electron chi connectivity index (χ0n) is 14.2. The van der Waals surface area contributed by atoms with Gasteiger partial charge in [0.25, 0.3) is 5.91 Å². The fourth-order valence-corrected chi connectivity index (χ4v) is 3.30. The van der Waals surface area contributed by atoms with Crippen molar-refractivity contribution in [1.82, 2.24) is 9.78 Å². The lowest BCUT2D eigenvalue weighted by Crippen LogP contribution is -2.13. The Morgan fingerprint density at radius 2 is 2.00 bits per heavy atom. The minimum Gasteiger partial charge on any atom is -0.319 e. The van der Waals surface area contributed by atoms with Gasteiger partial charge in [-0.15, -0.1) is 0 Å². The van der Waals surface area contributed by atoms with Crippen molar-refractivity contribution < 1.29 is 9.18 Å². The van der Waals surface area contributed by atoms with Crippen LogP contribution in [0.2, 0.25) is 5.02 Å². The molecule has 3 rings (SSSR count). The second-order valence-electron chi connectivity index (χ2n) is 5.87. The molecular weight excluding hydrogens is 421 g/mol. The summed E-state index contributed by atoms with van der Waals surface area (Å²) in [4.78, 5) is 12.5. The molecule has 0 aliphatic carbocycles. The summed E-state index contributed by atoms with van der Waals surface area (Å²) in [5.74, 6) is -0.620. The number of carbonyl (C=O) groups is 1. The summed E-state index contributed by atoms with van der Waals surface area (Å²) in [6.07, 6.45) is 0. The van der Waals surface area contributed by atoms with Crippen LogP contribution in [-0.2, 0) is 6.54 Å². The van der Waals surface area contributed by atoms with Gasteiger partial charge in [0.05, 0.1) is 23.6 Å². The van der Waals surface area contributed by atoms with E-state index in [-0.39, 0.29) is 18.3 Å². The van der Waals surface area contributed by atoms with Gasteiger partial charge in [-0.2, -0.15) is 5.10 Å². The molecule has 0 bridgehead atoms. The van der Waals surface area contributed by atoms with E-state index in [4.69, 9.17) is 11.6 Å². The Bertz CT molecular complexity index is 967. The Balaban J connectivity index is 1.88. The first-order valence-electron chi connectivity index (χ1n) is 7.90. The molecule has 0 aliphatic rings. The maximum Gasteiger partial charge on any atom is 0.255 e. The normalized spacial score (nSPS) is 10.8. The summed E-state index contributed by atoms with van der Waals surface area (Å²) in [6, 6.07) is 11.7. The molecule has 0 fully saturated rings. The van der Waals surface area contributed by atoms with Crippen LogP contribution in [0.4, 0.5) is 10.1 Å². The SMILES string of the molecule is Cc1nn(Cc2c(F)cccc2Cl)c(C)c1NC(=O)c1cccc(Br)c1. The number of amides is 1. The highest BCUT2D eigenvalue weighted by Crippen LogP contribution is 2.25. The van der Waals surface area contributed by atoms with Crippen molar-refractivity contribution in [3.63, 3.8) is 0 Å². The Kier molecular flexibility index (Phi) is 5.44. The molecule has 0 radical (unpaired) electrons. The summed E-state index contributed by atoms with van der Waals surface area (Å²) in [5, 5.41) is 7.65. The van der Waals surface area contributed by atoms with Crippen LogP contribution in [0.5, 0.6) is 0 Å². The highest BCUT2D eigenvalue weighted by atomic mass is 79.9. The van der Waals surface area contributed by atoms with Crippen LogP contribution in [0.25, 0.3) is 0 Å². The van der Waals surface area contributed by atoms with Crippen molar-refractivity contribution in [3.05, 3.63) is 80.3 Å². The molecule has 0 atom stereocenters. The predicted octanol–water partition coefficient (Wildman–Crippen LogP) is 5.36. The number of halogens is 3. The number of benzene rings is 2. The average Bonchev–Trinajstić information content (AvgIpc) is 2.85. The highest BCUT2D eigenvalue weighted by molar-refractivity contribution is 9.10. The lowest BCUT2D eigenvalue weighted by molar-refractivity contribution is 0.102. The van der Waals surface area contributed by atoms with Crippen molar-refractivity contribution in [2.24, 2.45) is 0 Å². The maximum atomic E-state index is 14.0. The van der Waals surface area contributed by atoms with E-state index in [1.165, 1.54) is 6.07 Å². The smallest absolute Gasteiger partial charge is 0.255 e. The first kappa shape index (κ1) is 18.6. The van der Waals surface area contributed by atoms with Gasteiger partial charge in [0.2, 0.25) is 0 Å². The molecule has 0 aliphatic heterocycles. The van der Waals surface area contributed by atoms with E-state index in [0.717, 1.165) is 10.2 Å². The minimum absolute atomic E-state index is 0.185. The van der Waals surface area contributed by atoms with Crippen LogP contribution in [0.1, 0.15) is 27.3 Å². The van der Waals surface area contributed by atoms with Crippen molar-refractivity contribution in [1.29, 1.82) is 0 Å². The van der Waals surface area contributed by atoms with E-state index in [9.17, 15) is 9.18 Å². The second-order valence-corrected chi connectivity index (χ2v) is 7.19. The number of nitrogens with one attached hydrogen (secondary N) is 1. The summed E-state index contributed by atoms with van der Waals surface area (Å²) in [7, 11) is 0. The van der Waals surface area contributed by atoms with Crippen molar-refractivity contribution in [2.45, 2.75) is 20.4 Å². The Labute approximate surface area is 164 Å². The van der Waals surface area contributed by atoms with E-state index in [1.54, 1.807) is 41.9 Å². The number of carbonyl (C=O) groups excluding carboxylic acids is 1. The molecule has 0 saturated heterocycles. The van der Waals surface area contributed by atoms with Crippen LogP contribution in [0.15, 0.2) is 46.9 Å². The van der Waals surface area contributed by atoms with Gasteiger partial charge in [-0.1, -0.05) is 39.7 Å². The van der Waals surface area contributed by atoms with Gasteiger partial charge < -0.3 is 5.32 Å². The quantitative estimate of drug-likeness (QED) is 0.599. The summed E-state index contributed by atoms with van der Waals surface area (Å²) >= 11 is 9.46. The van der Waals surface area contributed by atoms with E-state index < -0.39 is 0 Å². The fourth-order valence-electron chi connectivity index (χ4n) is 2.68. The van der Waals surface area contributed by atoms with Gasteiger partial charge in [0.15, 0.2) is 0 Å². The maximum absolute atomic E-state index is 14.0. The third-order valence-corrected chi connectivity index (χ3v) is 4.92. The summed E-state index contributed by atoms with van der Waals surface area (Å²) in [6.45, 7) is 3.80. The molecule has 4 nitrogen and oxygen atoms in total. The van der Waals surface area contributed by atoms with Gasteiger partial charge >= 0.3 is 0 Å². The molecule has 1 heterocycles. The molecule has 1 aromatic heterocycles. The molecule has 134 valence electrons. The minimum atomic E-state index is -0.384. The predicted molar refractivity (Wildman–Crippen MR) is 104 cm³/mol. The molecule has 0 unspecified atom stereocenters. The van der Waals surface area contributed by atoms with Crippen molar-refractivity contribution >= 4 is 39.1 Å². The van der Waals surface area contributed by atoms with Gasteiger partial charge in [0, 0.05) is 20.6 Å². The van der Waals surface area contributed by atoms with Crippen LogP contribution in [0.3, 0.4) is 0 Å². The average molecular weight is 437 g/mol. The highest BCUT2D eigenvalue weighted by Gasteiger charge is 2.17. The van der Waals surface area contributed by atoms with Crippen molar-refractivity contribution in [2.75, 3.05) is 5.32 Å². The third kappa shape index (κ3) is 3.81. The largest absolute Gasteiger partial charge is 0.319 e. The molecule has 0 saturated carbocycles. The molecule has 3 aromatic rings. The molecule has 1 amide bonds. The zero-order chi connectivity index (χ0) is 18.8. The number of nitrogens with zero attached hydrogens (tertiary/aromatic N) is 2. The number of hydrogen-bond donors (Lipinski definition) is 1. The van der Waals surface area contributed by atoms with Crippen LogP contribution in [-0.4, -0.2) is 15.7 Å². The van der Waals surface area contributed by atoms with E-state index in [2.05, 4.69) is 26.3 Å². The van der Waals surface area contributed by atoms with E-state index >= 15 is 0 Å². The second kappa shape index (κ2) is 7.60. The Hall–Kier alpha value is -2.18. The van der Waals surface area contributed by atoms with Crippen molar-refractivity contribution in [3.8, 4) is 0 Å². The Morgan fingerprint density at radius 3 is 2.69 bits per heavy atom. The number of aromatic nitrogens is 2. The van der Waals surface area contributed by atoms with Crippen LogP contribution < -0.4 is 5.32 Å². The topological polar surface area (TPSA) is 46.9 Å². The first-order chi connectivity index (χ1) is 12.4. The molecule has 7 heteroatoms. The van der Waals surface area contributed by atoms with Gasteiger partial charge in [-0.25, -0.2) is 4.39 Å². The lowest BCUT2D eigenvalue weighted by Gasteiger charge is -2.09. The zero-order valence-corrected chi connectivity index (χ0v) is 16.5. The number of hydrogen-bond acceptors (Lipinski definition) is 2. The van der Waals surface area contributed by atoms with Gasteiger partial charge in [0.1, 0.15) is 5.82 Å². The molecule has 1 N–H and O–H groups in total. The molecule has 2 aromatic carbocycles. The summed E-state index contributed by atoms with van der Waals surface area (Å²) < 4.78 is 16.5. The number of aryl methyl sites for hydroxylation is 1. The van der Waals surface area contributed by atoms with Gasteiger partial charge in [-0.05, 0) is 44.2 Å². The fraction of sp³-hybridized carbons (Fsp3) is 0.158. The molecule has 0 spiro atoms. The monoisotopic (exact) mass is 435 g/mol. The Morgan fingerprint density at radius 1 is 1.27 bits per heavy atom. The van der Waals surface area contributed by atoms with Crippen LogP contribution in [0, 0.1) is 19.7 Å². The molecule has 26 heavy (non-hydrogen) atoms. The third-order valence-electron chi connectivity index (χ3n) is 4.08. The first-order valence-corrected chi connectivity index (χ1v) is 9.07. The van der Waals surface area contributed by atoms with E-state index in [0.29, 0.717) is 27.5 Å². The standard InChI is InChI=1S/C19H16BrClFN3O/c1-11-18(23-19(26)13-5-3-6-14(20)9-13)12(2)25(24-11)10-15-16(21)7-4-8-17(15)22/h3-9H,10H2,1-2H3,(H,23,26). The number of anilines is 1. The van der Waals surface area contributed by atoms with Gasteiger partial charge in [-0.3, -0.25) is 9.48 Å². The van der Waals surface area contributed by atoms with E-state index in [1.807, 2.05) is 13.0 Å². The van der Waals surface area contributed by atoms with Crippen LogP contribution >= 0.6 is 27.5 Å².